The highest BCUT2D eigenvalue weighted by atomic mass is 19.1. The van der Waals surface area contributed by atoms with E-state index in [0.29, 0.717) is 0 Å². The summed E-state index contributed by atoms with van der Waals surface area (Å²) in [7, 11) is 0. The lowest BCUT2D eigenvalue weighted by atomic mass is 9.68. The maximum atomic E-state index is 16.0. The van der Waals surface area contributed by atoms with Crippen LogP contribution >= 0.6 is 0 Å². The minimum atomic E-state index is -1.79. The molecule has 0 saturated carbocycles. The molecule has 4 aliphatic rings. The molecule has 36 heavy (non-hydrogen) atoms. The molecule has 14 heteroatoms. The largest absolute Gasteiger partial charge is 0.447 e. The number of carbonyl (C=O) groups excluding carboxylic acids is 4. The number of hydrogen-bond donors (Lipinski definition) is 2. The van der Waals surface area contributed by atoms with E-state index in [4.69, 9.17) is 14.0 Å². The van der Waals surface area contributed by atoms with E-state index in [-0.39, 0.29) is 67.7 Å². The molecule has 5 amide bonds. The smallest absolute Gasteiger partial charge is 0.416 e. The second-order valence-corrected chi connectivity index (χ2v) is 9.03. The summed E-state index contributed by atoms with van der Waals surface area (Å²) in [5.41, 5.74) is -1.69. The van der Waals surface area contributed by atoms with Gasteiger partial charge < -0.3 is 18.9 Å². The number of aromatic nitrogens is 1. The lowest BCUT2D eigenvalue weighted by molar-refractivity contribution is -0.149. The van der Waals surface area contributed by atoms with Crippen LogP contribution in [0.1, 0.15) is 19.9 Å². The van der Waals surface area contributed by atoms with E-state index in [1.807, 2.05) is 0 Å². The summed E-state index contributed by atoms with van der Waals surface area (Å²) in [4.78, 5) is 52.8. The van der Waals surface area contributed by atoms with Crippen LogP contribution in [-0.4, -0.2) is 73.7 Å². The van der Waals surface area contributed by atoms with Crippen molar-refractivity contribution < 1.29 is 42.0 Å². The first-order chi connectivity index (χ1) is 16.8. The number of anilines is 2. The summed E-state index contributed by atoms with van der Waals surface area (Å²) in [6, 6.07) is -1.35. The van der Waals surface area contributed by atoms with Crippen LogP contribution in [0.25, 0.3) is 11.0 Å². The van der Waals surface area contributed by atoms with Crippen LogP contribution in [-0.2, 0) is 25.5 Å². The van der Waals surface area contributed by atoms with Crippen molar-refractivity contribution in [3.8, 4) is 0 Å². The zero-order valence-corrected chi connectivity index (χ0v) is 18.3. The number of benzene rings is 1. The van der Waals surface area contributed by atoms with Crippen molar-refractivity contribution in [1.29, 1.82) is 0 Å². The minimum Gasteiger partial charge on any atom is -0.447 e. The summed E-state index contributed by atoms with van der Waals surface area (Å²) >= 11 is 0. The Morgan fingerprint density at radius 1 is 1.19 bits per heavy atom. The molecular formula is C22H23F2N5O7. The fourth-order valence-corrected chi connectivity index (χ4v) is 5.42. The molecule has 12 nitrogen and oxygen atoms in total. The molecule has 2 aromatic rings. The van der Waals surface area contributed by atoms with Crippen molar-refractivity contribution in [3.05, 3.63) is 17.4 Å². The molecule has 3 saturated heterocycles. The highest BCUT2D eigenvalue weighted by Gasteiger charge is 2.61. The van der Waals surface area contributed by atoms with Crippen LogP contribution in [0.15, 0.2) is 10.6 Å². The van der Waals surface area contributed by atoms with Gasteiger partial charge >= 0.3 is 12.1 Å². The van der Waals surface area contributed by atoms with Crippen LogP contribution in [0.4, 0.5) is 29.9 Å². The summed E-state index contributed by atoms with van der Waals surface area (Å²) in [6.07, 6.45) is -1.47. The number of ether oxygens (including phenoxy) is 2. The Labute approximate surface area is 202 Å². The molecule has 0 radical (unpaired) electrons. The van der Waals surface area contributed by atoms with E-state index in [0.717, 1.165) is 4.90 Å². The van der Waals surface area contributed by atoms with Gasteiger partial charge in [-0.25, -0.2) is 23.3 Å². The average Bonchev–Trinajstić information content (AvgIpc) is 3.39. The number of carbonyl (C=O) groups is 4. The summed E-state index contributed by atoms with van der Waals surface area (Å²) in [6.45, 7) is 0.730. The predicted octanol–water partition coefficient (Wildman–Crippen LogP) is 1.40. The number of rotatable bonds is 2. The van der Waals surface area contributed by atoms with Crippen molar-refractivity contribution in [2.45, 2.75) is 39.0 Å². The Bertz CT molecular complexity index is 1290. The van der Waals surface area contributed by atoms with Gasteiger partial charge in [0.15, 0.2) is 17.1 Å². The Morgan fingerprint density at radius 3 is 2.61 bits per heavy atom. The Kier molecular flexibility index (Phi) is 5.39. The number of halogens is 2. The second kappa shape index (κ2) is 8.11. The summed E-state index contributed by atoms with van der Waals surface area (Å²) in [5.74, 6) is -2.58. The van der Waals surface area contributed by atoms with Crippen molar-refractivity contribution in [2.24, 2.45) is 5.41 Å². The monoisotopic (exact) mass is 507 g/mol. The first-order valence-electron chi connectivity index (χ1n) is 10.9. The molecular weight excluding hydrogens is 484 g/mol. The van der Waals surface area contributed by atoms with E-state index < -0.39 is 53.9 Å². The van der Waals surface area contributed by atoms with Crippen LogP contribution < -0.4 is 20.4 Å². The third kappa shape index (κ3) is 3.03. The van der Waals surface area contributed by atoms with Gasteiger partial charge in [0.1, 0.15) is 19.3 Å². The molecule has 5 heterocycles. The number of amides is 5. The fourth-order valence-electron chi connectivity index (χ4n) is 5.42. The molecule has 3 atom stereocenters. The SMILES string of the molecule is C.C[C@@H]1CN2c3c(cc4c(N5C(=O)OCC5CF)noc4c3F)CC3(C(=O)NC(=O)NC3=O)C2CO1. The van der Waals surface area contributed by atoms with E-state index >= 15 is 4.39 Å². The van der Waals surface area contributed by atoms with Gasteiger partial charge in [-0.05, 0) is 18.6 Å². The molecule has 4 aliphatic heterocycles. The van der Waals surface area contributed by atoms with E-state index in [9.17, 15) is 23.6 Å². The number of barbiturate groups is 1. The van der Waals surface area contributed by atoms with Crippen molar-refractivity contribution in [2.75, 3.05) is 36.2 Å². The van der Waals surface area contributed by atoms with Gasteiger partial charge in [-0.2, -0.15) is 0 Å². The summed E-state index contributed by atoms with van der Waals surface area (Å²) < 4.78 is 45.3. The van der Waals surface area contributed by atoms with Crippen LogP contribution in [0.3, 0.4) is 0 Å². The van der Waals surface area contributed by atoms with E-state index in [2.05, 4.69) is 15.8 Å². The first kappa shape index (κ1) is 23.9. The standard InChI is InChI=1S/C21H19F2N5O7.CH4/c1-8-5-27-12(7-33-8)21(17(29)24-19(31)25-18(21)30)3-9-2-11-15(13(23)14(9)27)35-26-16(11)28-10(4-22)6-34-20(28)32;/h2,8,10,12H,3-7H2,1H3,(H2,24,25,29,30,31);1H4/t8-,10?,12?;/m1./s1. The maximum absolute atomic E-state index is 16.0. The number of hydrogen-bond acceptors (Lipinski definition) is 9. The number of nitrogens with one attached hydrogen (secondary N) is 2. The molecule has 0 aliphatic carbocycles. The topological polar surface area (TPSA) is 143 Å². The number of imide groups is 2. The molecule has 6 rings (SSSR count). The molecule has 1 aromatic carbocycles. The molecule has 2 N–H and O–H groups in total. The van der Waals surface area contributed by atoms with E-state index in [1.165, 1.54) is 6.07 Å². The lowest BCUT2D eigenvalue weighted by Gasteiger charge is -2.52. The van der Waals surface area contributed by atoms with Crippen LogP contribution in [0.2, 0.25) is 0 Å². The van der Waals surface area contributed by atoms with Crippen LogP contribution in [0, 0.1) is 11.2 Å². The quantitative estimate of drug-likeness (QED) is 0.577. The molecule has 1 aromatic heterocycles. The van der Waals surface area contributed by atoms with Crippen molar-refractivity contribution in [3.63, 3.8) is 0 Å². The third-order valence-electron chi connectivity index (χ3n) is 7.06. The lowest BCUT2D eigenvalue weighted by Crippen LogP contribution is -2.73. The number of nitrogens with zero attached hydrogens (tertiary/aromatic N) is 3. The Hall–Kier alpha value is -3.81. The number of morpholine rings is 1. The Balaban J connectivity index is 0.00000267. The van der Waals surface area contributed by atoms with Gasteiger partial charge in [-0.1, -0.05) is 12.6 Å². The zero-order chi connectivity index (χ0) is 24.6. The third-order valence-corrected chi connectivity index (χ3v) is 7.06. The number of cyclic esters (lactones) is 1. The van der Waals surface area contributed by atoms with Gasteiger partial charge in [-0.3, -0.25) is 20.2 Å². The minimum absolute atomic E-state index is 0. The van der Waals surface area contributed by atoms with Gasteiger partial charge in [-0.15, -0.1) is 0 Å². The van der Waals surface area contributed by atoms with Gasteiger partial charge in [0.2, 0.25) is 17.4 Å². The summed E-state index contributed by atoms with van der Waals surface area (Å²) in [5, 5.41) is 8.15. The Morgan fingerprint density at radius 2 is 1.92 bits per heavy atom. The van der Waals surface area contributed by atoms with Crippen molar-refractivity contribution in [1.82, 2.24) is 15.8 Å². The molecule has 0 bridgehead atoms. The van der Waals surface area contributed by atoms with Gasteiger partial charge in [0.25, 0.3) is 0 Å². The number of fused-ring (bicyclic) bond motifs is 5. The zero-order valence-electron chi connectivity index (χ0n) is 18.3. The fraction of sp³-hybridized carbons (Fsp3) is 0.500. The second-order valence-electron chi connectivity index (χ2n) is 9.03. The van der Waals surface area contributed by atoms with Crippen LogP contribution in [0.5, 0.6) is 0 Å². The average molecular weight is 507 g/mol. The first-order valence-corrected chi connectivity index (χ1v) is 10.9. The van der Waals surface area contributed by atoms with E-state index in [1.54, 1.807) is 11.8 Å². The predicted molar refractivity (Wildman–Crippen MR) is 119 cm³/mol. The number of alkyl halides is 1. The molecule has 2 unspecified atom stereocenters. The molecule has 3 fully saturated rings. The molecule has 1 spiro atoms. The highest BCUT2D eigenvalue weighted by Crippen LogP contribution is 2.48. The number of urea groups is 1. The molecule has 192 valence electrons. The van der Waals surface area contributed by atoms with Crippen molar-refractivity contribution >= 4 is 46.4 Å². The van der Waals surface area contributed by atoms with Gasteiger partial charge in [0, 0.05) is 13.0 Å². The maximum Gasteiger partial charge on any atom is 0.416 e. The highest BCUT2D eigenvalue weighted by molar-refractivity contribution is 6.20. The normalized spacial score (nSPS) is 26.8. The van der Waals surface area contributed by atoms with Gasteiger partial charge in [0.05, 0.1) is 29.8 Å².